The van der Waals surface area contributed by atoms with Crippen molar-refractivity contribution in [3.63, 3.8) is 0 Å². The van der Waals surface area contributed by atoms with Gasteiger partial charge in [-0.2, -0.15) is 0 Å². The van der Waals surface area contributed by atoms with Crippen molar-refractivity contribution in [2.24, 2.45) is 0 Å². The smallest absolute Gasteiger partial charge is 0.214 e. The summed E-state index contributed by atoms with van der Waals surface area (Å²) in [5.74, 6) is 0. The highest BCUT2D eigenvalue weighted by molar-refractivity contribution is 6.51. The lowest BCUT2D eigenvalue weighted by atomic mass is 10.1. The molecular formula is C16H25O2Si. The van der Waals surface area contributed by atoms with E-state index in [9.17, 15) is 0 Å². The van der Waals surface area contributed by atoms with E-state index in [-0.39, 0.29) is 0 Å². The standard InChI is InChI=1S/C16H25O2Si/c1-4-11-19(12-10-17-6-3)18-14-16-9-7-8-15(5-2)13-16/h5,7-9,13H,2,4,6,10-12,14H2,1,3H3. The van der Waals surface area contributed by atoms with Crippen molar-refractivity contribution >= 4 is 15.1 Å². The summed E-state index contributed by atoms with van der Waals surface area (Å²) in [6.45, 7) is 10.4. The van der Waals surface area contributed by atoms with Crippen molar-refractivity contribution in [2.75, 3.05) is 13.2 Å². The van der Waals surface area contributed by atoms with Gasteiger partial charge in [-0.25, -0.2) is 0 Å². The van der Waals surface area contributed by atoms with Crippen LogP contribution in [0.5, 0.6) is 0 Å². The average molecular weight is 277 g/mol. The Bertz CT molecular complexity index is 366. The van der Waals surface area contributed by atoms with E-state index in [1.165, 1.54) is 18.0 Å². The molecule has 1 radical (unpaired) electrons. The number of ether oxygens (including phenoxy) is 1. The second kappa shape index (κ2) is 9.95. The summed E-state index contributed by atoms with van der Waals surface area (Å²) >= 11 is 0. The maximum absolute atomic E-state index is 6.10. The second-order valence-corrected chi connectivity index (χ2v) is 6.84. The van der Waals surface area contributed by atoms with Gasteiger partial charge in [-0.3, -0.25) is 0 Å². The molecule has 0 saturated heterocycles. The van der Waals surface area contributed by atoms with Crippen molar-refractivity contribution in [3.8, 4) is 0 Å². The molecule has 105 valence electrons. The number of benzene rings is 1. The van der Waals surface area contributed by atoms with E-state index in [1.807, 2.05) is 13.0 Å². The Morgan fingerprint density at radius 2 is 2.11 bits per heavy atom. The van der Waals surface area contributed by atoms with E-state index in [4.69, 9.17) is 9.16 Å². The van der Waals surface area contributed by atoms with Crippen LogP contribution < -0.4 is 0 Å². The number of hydrogen-bond acceptors (Lipinski definition) is 2. The molecule has 1 aromatic rings. The zero-order chi connectivity index (χ0) is 13.9. The van der Waals surface area contributed by atoms with Crippen LogP contribution in [0.15, 0.2) is 30.8 Å². The van der Waals surface area contributed by atoms with Crippen LogP contribution in [0, 0.1) is 0 Å². The Kier molecular flexibility index (Phi) is 8.46. The molecule has 0 aliphatic heterocycles. The second-order valence-electron chi connectivity index (χ2n) is 4.47. The Hall–Kier alpha value is -0.903. The summed E-state index contributed by atoms with van der Waals surface area (Å²) < 4.78 is 11.5. The van der Waals surface area contributed by atoms with Crippen molar-refractivity contribution in [1.82, 2.24) is 0 Å². The molecule has 0 fully saturated rings. The Balaban J connectivity index is 2.42. The highest BCUT2D eigenvalue weighted by Crippen LogP contribution is 2.11. The van der Waals surface area contributed by atoms with Crippen LogP contribution in [0.2, 0.25) is 12.1 Å². The van der Waals surface area contributed by atoms with Crippen molar-refractivity contribution in [1.29, 1.82) is 0 Å². The Labute approximate surface area is 119 Å². The fraction of sp³-hybridized carbons (Fsp3) is 0.500. The molecule has 1 rings (SSSR count). The molecule has 0 aromatic heterocycles. The third-order valence-corrected chi connectivity index (χ3v) is 5.26. The van der Waals surface area contributed by atoms with Gasteiger partial charge in [0.2, 0.25) is 9.04 Å². The molecule has 3 heteroatoms. The molecule has 0 unspecified atom stereocenters. The van der Waals surface area contributed by atoms with Gasteiger partial charge in [0.25, 0.3) is 0 Å². The summed E-state index contributed by atoms with van der Waals surface area (Å²) in [6, 6.07) is 10.6. The van der Waals surface area contributed by atoms with Crippen LogP contribution in [0.4, 0.5) is 0 Å². The van der Waals surface area contributed by atoms with Crippen LogP contribution in [0.25, 0.3) is 6.08 Å². The first-order valence-corrected chi connectivity index (χ1v) is 8.89. The highest BCUT2D eigenvalue weighted by atomic mass is 28.3. The van der Waals surface area contributed by atoms with E-state index in [0.717, 1.165) is 24.8 Å². The van der Waals surface area contributed by atoms with Crippen LogP contribution in [-0.4, -0.2) is 22.3 Å². The molecule has 0 bridgehead atoms. The molecule has 0 spiro atoms. The van der Waals surface area contributed by atoms with E-state index in [2.05, 4.69) is 37.8 Å². The van der Waals surface area contributed by atoms with Gasteiger partial charge < -0.3 is 9.16 Å². The zero-order valence-electron chi connectivity index (χ0n) is 12.2. The normalized spacial score (nSPS) is 10.9. The lowest BCUT2D eigenvalue weighted by molar-refractivity contribution is 0.157. The molecule has 0 N–H and O–H groups in total. The SMILES string of the molecule is C=Cc1cccc(CO[Si](CCC)CCOCC)c1. The maximum Gasteiger partial charge on any atom is 0.214 e. The number of hydrogen-bond donors (Lipinski definition) is 0. The first-order valence-electron chi connectivity index (χ1n) is 7.06. The van der Waals surface area contributed by atoms with Gasteiger partial charge in [0.15, 0.2) is 0 Å². The minimum atomic E-state index is -0.736. The first kappa shape index (κ1) is 16.2. The van der Waals surface area contributed by atoms with Crippen molar-refractivity contribution in [3.05, 3.63) is 42.0 Å². The fourth-order valence-corrected chi connectivity index (χ4v) is 3.71. The van der Waals surface area contributed by atoms with Crippen molar-refractivity contribution < 1.29 is 9.16 Å². The molecule has 1 aromatic carbocycles. The predicted octanol–water partition coefficient (Wildman–Crippen LogP) is 4.28. The van der Waals surface area contributed by atoms with Crippen LogP contribution >= 0.6 is 0 Å². The monoisotopic (exact) mass is 277 g/mol. The van der Waals surface area contributed by atoms with E-state index in [1.54, 1.807) is 0 Å². The van der Waals surface area contributed by atoms with Crippen LogP contribution in [0.1, 0.15) is 31.4 Å². The highest BCUT2D eigenvalue weighted by Gasteiger charge is 2.12. The van der Waals surface area contributed by atoms with Crippen LogP contribution in [0.3, 0.4) is 0 Å². The Morgan fingerprint density at radius 1 is 1.26 bits per heavy atom. The predicted molar refractivity (Wildman–Crippen MR) is 83.5 cm³/mol. The summed E-state index contributed by atoms with van der Waals surface area (Å²) in [5, 5.41) is 0. The van der Waals surface area contributed by atoms with Gasteiger partial charge in [-0.1, -0.05) is 44.2 Å². The molecule has 0 heterocycles. The minimum absolute atomic E-state index is 0.710. The molecule has 0 saturated carbocycles. The largest absolute Gasteiger partial charge is 0.412 e. The lowest BCUT2D eigenvalue weighted by Gasteiger charge is -2.15. The molecule has 0 amide bonds. The summed E-state index contributed by atoms with van der Waals surface area (Å²) in [5.41, 5.74) is 2.38. The van der Waals surface area contributed by atoms with Gasteiger partial charge in [0.1, 0.15) is 0 Å². The van der Waals surface area contributed by atoms with Gasteiger partial charge in [0.05, 0.1) is 6.61 Å². The molecule has 0 aliphatic rings. The average Bonchev–Trinajstić information content (AvgIpc) is 2.45. The third kappa shape index (κ3) is 6.71. The fourth-order valence-electron chi connectivity index (χ4n) is 1.87. The molecule has 19 heavy (non-hydrogen) atoms. The van der Waals surface area contributed by atoms with E-state index >= 15 is 0 Å². The third-order valence-electron chi connectivity index (χ3n) is 2.89. The lowest BCUT2D eigenvalue weighted by Crippen LogP contribution is -2.19. The molecule has 0 aliphatic carbocycles. The number of rotatable bonds is 10. The molecule has 2 nitrogen and oxygen atoms in total. The molecular weight excluding hydrogens is 252 g/mol. The van der Waals surface area contributed by atoms with Gasteiger partial charge in [-0.15, -0.1) is 0 Å². The minimum Gasteiger partial charge on any atom is -0.412 e. The zero-order valence-corrected chi connectivity index (χ0v) is 13.2. The quantitative estimate of drug-likeness (QED) is 0.469. The van der Waals surface area contributed by atoms with Gasteiger partial charge >= 0.3 is 0 Å². The molecule has 0 atom stereocenters. The van der Waals surface area contributed by atoms with Gasteiger partial charge in [-0.05, 0) is 36.2 Å². The Morgan fingerprint density at radius 3 is 2.79 bits per heavy atom. The van der Waals surface area contributed by atoms with E-state index < -0.39 is 9.04 Å². The topological polar surface area (TPSA) is 18.5 Å². The summed E-state index contributed by atoms with van der Waals surface area (Å²) in [4.78, 5) is 0. The maximum atomic E-state index is 6.10. The summed E-state index contributed by atoms with van der Waals surface area (Å²) in [6.07, 6.45) is 3.06. The first-order chi connectivity index (χ1) is 9.30. The van der Waals surface area contributed by atoms with Crippen molar-refractivity contribution in [2.45, 2.75) is 39.0 Å². The van der Waals surface area contributed by atoms with Gasteiger partial charge in [0, 0.05) is 13.2 Å². The summed E-state index contributed by atoms with van der Waals surface area (Å²) in [7, 11) is -0.736. The van der Waals surface area contributed by atoms with Crippen LogP contribution in [-0.2, 0) is 15.8 Å². The van der Waals surface area contributed by atoms with E-state index in [0.29, 0.717) is 6.61 Å².